The molecule has 1 saturated heterocycles. The van der Waals surface area contributed by atoms with E-state index in [9.17, 15) is 4.79 Å². The lowest BCUT2D eigenvalue weighted by atomic mass is 9.99. The van der Waals surface area contributed by atoms with Crippen LogP contribution in [-0.2, 0) is 4.79 Å². The first-order chi connectivity index (χ1) is 12.7. The van der Waals surface area contributed by atoms with E-state index in [1.54, 1.807) is 11.0 Å². The molecule has 9 heteroatoms. The van der Waals surface area contributed by atoms with Crippen LogP contribution in [0.2, 0.25) is 0 Å². The topological polar surface area (TPSA) is 85.6 Å². The molecule has 1 N–H and O–H groups in total. The maximum Gasteiger partial charge on any atom is 0.229 e. The standard InChI is InChI=1S/C17H18N6OS2/c1-11-7-13(5-6-25-11)16(24)20-17-19-15(9-26-17)12-3-2-4-14(8-12)23-10-18-21-22-23/h2-4,8-11,13H,5-7H2,1H3,(H,19,20,24). The van der Waals surface area contributed by atoms with E-state index >= 15 is 0 Å². The van der Waals surface area contributed by atoms with Gasteiger partial charge in [0.1, 0.15) is 6.33 Å². The Labute approximate surface area is 159 Å². The molecule has 0 aliphatic carbocycles. The molecule has 4 rings (SSSR count). The first kappa shape index (κ1) is 17.2. The molecule has 3 aromatic rings. The minimum absolute atomic E-state index is 0.0838. The number of hydrogen-bond donors (Lipinski definition) is 1. The van der Waals surface area contributed by atoms with Gasteiger partial charge in [-0.05, 0) is 41.2 Å². The van der Waals surface area contributed by atoms with Crippen LogP contribution in [0.15, 0.2) is 36.0 Å². The fourth-order valence-corrected chi connectivity index (χ4v) is 4.91. The second-order valence-electron chi connectivity index (χ2n) is 6.23. The zero-order valence-electron chi connectivity index (χ0n) is 14.2. The van der Waals surface area contributed by atoms with Gasteiger partial charge in [-0.25, -0.2) is 9.67 Å². The molecule has 2 aromatic heterocycles. The van der Waals surface area contributed by atoms with Gasteiger partial charge in [-0.2, -0.15) is 11.8 Å². The van der Waals surface area contributed by atoms with Crippen molar-refractivity contribution in [3.8, 4) is 16.9 Å². The molecular weight excluding hydrogens is 368 g/mol. The molecule has 0 bridgehead atoms. The third kappa shape index (κ3) is 3.78. The Hall–Kier alpha value is -2.26. The van der Waals surface area contributed by atoms with Gasteiger partial charge in [0, 0.05) is 22.1 Å². The van der Waals surface area contributed by atoms with E-state index < -0.39 is 0 Å². The van der Waals surface area contributed by atoms with E-state index in [1.165, 1.54) is 11.3 Å². The molecule has 1 aromatic carbocycles. The summed E-state index contributed by atoms with van der Waals surface area (Å²) < 4.78 is 1.60. The number of hydrogen-bond acceptors (Lipinski definition) is 7. The number of thiazole rings is 1. The Bertz CT molecular complexity index is 894. The number of nitrogens with zero attached hydrogens (tertiary/aromatic N) is 5. The van der Waals surface area contributed by atoms with E-state index in [1.807, 2.05) is 41.4 Å². The normalized spacial score (nSPS) is 20.0. The number of tetrazole rings is 1. The van der Waals surface area contributed by atoms with Crippen molar-refractivity contribution in [2.45, 2.75) is 25.0 Å². The number of carbonyl (C=O) groups excluding carboxylic acids is 1. The van der Waals surface area contributed by atoms with Crippen LogP contribution >= 0.6 is 23.1 Å². The summed E-state index contributed by atoms with van der Waals surface area (Å²) >= 11 is 3.38. The highest BCUT2D eigenvalue weighted by Gasteiger charge is 2.26. The molecule has 1 aliphatic rings. The number of carbonyl (C=O) groups is 1. The molecule has 1 amide bonds. The highest BCUT2D eigenvalue weighted by molar-refractivity contribution is 7.99. The molecule has 0 spiro atoms. The van der Waals surface area contributed by atoms with Crippen LogP contribution in [-0.4, -0.2) is 42.1 Å². The van der Waals surface area contributed by atoms with Gasteiger partial charge in [-0.15, -0.1) is 16.4 Å². The lowest BCUT2D eigenvalue weighted by Gasteiger charge is -2.24. The Balaban J connectivity index is 1.48. The van der Waals surface area contributed by atoms with Crippen LogP contribution in [0.5, 0.6) is 0 Å². The van der Waals surface area contributed by atoms with Crippen LogP contribution < -0.4 is 5.32 Å². The largest absolute Gasteiger partial charge is 0.302 e. The van der Waals surface area contributed by atoms with Crippen molar-refractivity contribution in [2.75, 3.05) is 11.1 Å². The SMILES string of the molecule is CC1CC(C(=O)Nc2nc(-c3cccc(-n4cnnn4)c3)cs2)CCS1. The summed E-state index contributed by atoms with van der Waals surface area (Å²) in [6.07, 6.45) is 3.42. The number of nitrogens with one attached hydrogen (secondary N) is 1. The van der Waals surface area contributed by atoms with Crippen molar-refractivity contribution >= 4 is 34.1 Å². The second kappa shape index (κ2) is 7.55. The van der Waals surface area contributed by atoms with E-state index in [4.69, 9.17) is 0 Å². The van der Waals surface area contributed by atoms with Gasteiger partial charge in [0.2, 0.25) is 5.91 Å². The van der Waals surface area contributed by atoms with Gasteiger partial charge in [0.05, 0.1) is 11.4 Å². The molecule has 7 nitrogen and oxygen atoms in total. The molecule has 0 saturated carbocycles. The maximum atomic E-state index is 12.5. The molecule has 0 radical (unpaired) electrons. The Kier molecular flexibility index (Phi) is 4.98. The molecule has 134 valence electrons. The van der Waals surface area contributed by atoms with Crippen LogP contribution in [0.4, 0.5) is 5.13 Å². The van der Waals surface area contributed by atoms with Gasteiger partial charge in [-0.3, -0.25) is 4.79 Å². The predicted molar refractivity (Wildman–Crippen MR) is 104 cm³/mol. The Morgan fingerprint density at radius 2 is 2.31 bits per heavy atom. The van der Waals surface area contributed by atoms with Crippen molar-refractivity contribution in [1.82, 2.24) is 25.2 Å². The molecule has 1 aliphatic heterocycles. The van der Waals surface area contributed by atoms with Crippen molar-refractivity contribution in [1.29, 1.82) is 0 Å². The van der Waals surface area contributed by atoms with Gasteiger partial charge in [0.25, 0.3) is 0 Å². The first-order valence-electron chi connectivity index (χ1n) is 8.41. The molecule has 2 unspecified atom stereocenters. The van der Waals surface area contributed by atoms with Crippen LogP contribution in [0.25, 0.3) is 16.9 Å². The molecular formula is C17H18N6OS2. The van der Waals surface area contributed by atoms with Crippen LogP contribution in [0.1, 0.15) is 19.8 Å². The molecule has 3 heterocycles. The monoisotopic (exact) mass is 386 g/mol. The van der Waals surface area contributed by atoms with Gasteiger partial charge in [-0.1, -0.05) is 19.1 Å². The quantitative estimate of drug-likeness (QED) is 0.741. The Morgan fingerprint density at radius 1 is 1.38 bits per heavy atom. The third-order valence-electron chi connectivity index (χ3n) is 4.35. The second-order valence-corrected chi connectivity index (χ2v) is 8.64. The average molecular weight is 387 g/mol. The van der Waals surface area contributed by atoms with Gasteiger partial charge >= 0.3 is 0 Å². The van der Waals surface area contributed by atoms with Gasteiger partial charge in [0.15, 0.2) is 5.13 Å². The smallest absolute Gasteiger partial charge is 0.229 e. The van der Waals surface area contributed by atoms with Crippen molar-refractivity contribution in [3.05, 3.63) is 36.0 Å². The maximum absolute atomic E-state index is 12.5. The number of rotatable bonds is 4. The third-order valence-corrected chi connectivity index (χ3v) is 6.34. The van der Waals surface area contributed by atoms with E-state index in [0.717, 1.165) is 35.5 Å². The summed E-state index contributed by atoms with van der Waals surface area (Å²) in [5.41, 5.74) is 2.64. The minimum Gasteiger partial charge on any atom is -0.302 e. The summed E-state index contributed by atoms with van der Waals surface area (Å²) in [5.74, 6) is 1.22. The van der Waals surface area contributed by atoms with Crippen LogP contribution in [0.3, 0.4) is 0 Å². The number of benzene rings is 1. The summed E-state index contributed by atoms with van der Waals surface area (Å²) in [4.78, 5) is 17.1. The number of amides is 1. The fourth-order valence-electron chi connectivity index (χ4n) is 2.99. The highest BCUT2D eigenvalue weighted by atomic mass is 32.2. The van der Waals surface area contributed by atoms with Gasteiger partial charge < -0.3 is 5.32 Å². The van der Waals surface area contributed by atoms with Crippen molar-refractivity contribution in [3.63, 3.8) is 0 Å². The van der Waals surface area contributed by atoms with Crippen molar-refractivity contribution < 1.29 is 4.79 Å². The van der Waals surface area contributed by atoms with Crippen LogP contribution in [0, 0.1) is 5.92 Å². The highest BCUT2D eigenvalue weighted by Crippen LogP contribution is 2.31. The van der Waals surface area contributed by atoms with E-state index in [-0.39, 0.29) is 11.8 Å². The first-order valence-corrected chi connectivity index (χ1v) is 10.3. The fraction of sp³-hybridized carbons (Fsp3) is 0.353. The summed E-state index contributed by atoms with van der Waals surface area (Å²) in [7, 11) is 0. The summed E-state index contributed by atoms with van der Waals surface area (Å²) in [6, 6.07) is 7.81. The van der Waals surface area contributed by atoms with Crippen molar-refractivity contribution in [2.24, 2.45) is 5.92 Å². The van der Waals surface area contributed by atoms with E-state index in [2.05, 4.69) is 32.7 Å². The summed E-state index contributed by atoms with van der Waals surface area (Å²) in [6.45, 7) is 2.18. The Morgan fingerprint density at radius 3 is 3.12 bits per heavy atom. The number of anilines is 1. The predicted octanol–water partition coefficient (Wildman–Crippen LogP) is 3.26. The molecule has 1 fully saturated rings. The lowest BCUT2D eigenvalue weighted by Crippen LogP contribution is -2.28. The molecule has 2 atom stereocenters. The molecule has 26 heavy (non-hydrogen) atoms. The lowest BCUT2D eigenvalue weighted by molar-refractivity contribution is -0.120. The zero-order valence-corrected chi connectivity index (χ0v) is 15.8. The average Bonchev–Trinajstić information content (AvgIpc) is 3.34. The summed E-state index contributed by atoms with van der Waals surface area (Å²) in [5, 5.41) is 17.3. The minimum atomic E-state index is 0.0838. The number of thioether (sulfide) groups is 1. The van der Waals surface area contributed by atoms with E-state index in [0.29, 0.717) is 10.4 Å². The zero-order chi connectivity index (χ0) is 17.9. The number of aromatic nitrogens is 5.